The lowest BCUT2D eigenvalue weighted by molar-refractivity contribution is 0.860. The summed E-state index contributed by atoms with van der Waals surface area (Å²) in [4.78, 5) is 11.9. The second-order valence-corrected chi connectivity index (χ2v) is 12.1. The van der Waals surface area contributed by atoms with Gasteiger partial charge in [0.05, 0.1) is 10.4 Å². The van der Waals surface area contributed by atoms with Crippen molar-refractivity contribution in [2.75, 3.05) is 56.0 Å². The molecular weight excluding hydrogens is 532 g/mol. The SMILES string of the molecule is CCN(CC)c1ccc2c(c1)N=C(c1cccc(Cl)c1)SC2(c1ccc(N(C)C)cc1)c1ccc(N(C)C)cc1. The molecule has 1 aliphatic heterocycles. The van der Waals surface area contributed by atoms with E-state index in [-0.39, 0.29) is 0 Å². The molecule has 40 heavy (non-hydrogen) atoms. The molecule has 0 N–H and O–H groups in total. The number of hydrogen-bond donors (Lipinski definition) is 0. The highest BCUT2D eigenvalue weighted by atomic mass is 35.5. The maximum Gasteiger partial charge on any atom is 0.106 e. The standard InChI is InChI=1S/C34H37ClN4S/c1-7-39(8-2)30-20-21-31-32(23-30)36-33(24-10-9-11-27(35)22-24)40-34(31,25-12-16-28(17-13-25)37(3)4)26-14-18-29(19-15-26)38(5)6/h9-23H,7-8H2,1-6H3. The highest BCUT2D eigenvalue weighted by Gasteiger charge is 2.43. The van der Waals surface area contributed by atoms with Gasteiger partial charge in [-0.1, -0.05) is 65.8 Å². The lowest BCUT2D eigenvalue weighted by atomic mass is 9.82. The Hall–Kier alpha value is -3.41. The molecule has 0 aliphatic carbocycles. The molecule has 0 fully saturated rings. The van der Waals surface area contributed by atoms with Crippen LogP contribution >= 0.6 is 23.4 Å². The van der Waals surface area contributed by atoms with Crippen LogP contribution in [0.3, 0.4) is 0 Å². The maximum atomic E-state index is 6.49. The zero-order valence-electron chi connectivity index (χ0n) is 24.1. The van der Waals surface area contributed by atoms with Gasteiger partial charge in [-0.3, -0.25) is 0 Å². The van der Waals surface area contributed by atoms with Gasteiger partial charge in [0.2, 0.25) is 0 Å². The molecule has 0 atom stereocenters. The van der Waals surface area contributed by atoms with Crippen LogP contribution < -0.4 is 14.7 Å². The van der Waals surface area contributed by atoms with Crippen molar-refractivity contribution in [3.63, 3.8) is 0 Å². The van der Waals surface area contributed by atoms with Crippen molar-refractivity contribution in [3.05, 3.63) is 118 Å². The molecule has 0 spiro atoms. The van der Waals surface area contributed by atoms with E-state index in [4.69, 9.17) is 16.6 Å². The summed E-state index contributed by atoms with van der Waals surface area (Å²) >= 11 is 8.28. The molecule has 0 radical (unpaired) electrons. The Kier molecular flexibility index (Phi) is 8.16. The maximum absolute atomic E-state index is 6.49. The summed E-state index contributed by atoms with van der Waals surface area (Å²) in [5.74, 6) is 0. The largest absolute Gasteiger partial charge is 0.378 e. The van der Waals surface area contributed by atoms with Crippen LogP contribution in [0.4, 0.5) is 22.7 Å². The van der Waals surface area contributed by atoms with Gasteiger partial charge in [0.25, 0.3) is 0 Å². The average molecular weight is 569 g/mol. The Morgan fingerprint density at radius 1 is 0.700 bits per heavy atom. The van der Waals surface area contributed by atoms with Crippen LogP contribution in [0.15, 0.2) is 96.0 Å². The monoisotopic (exact) mass is 568 g/mol. The summed E-state index contributed by atoms with van der Waals surface area (Å²) in [5, 5.41) is 1.67. The fraction of sp³-hybridized carbons (Fsp3) is 0.265. The van der Waals surface area contributed by atoms with Crippen LogP contribution in [-0.2, 0) is 4.75 Å². The molecule has 0 saturated carbocycles. The third-order valence-corrected chi connectivity index (χ3v) is 9.37. The van der Waals surface area contributed by atoms with E-state index >= 15 is 0 Å². The van der Waals surface area contributed by atoms with Gasteiger partial charge in [0.1, 0.15) is 5.04 Å². The molecule has 206 valence electrons. The molecule has 4 aromatic carbocycles. The topological polar surface area (TPSA) is 22.1 Å². The molecule has 6 heteroatoms. The Morgan fingerprint density at radius 3 is 1.75 bits per heavy atom. The van der Waals surface area contributed by atoms with E-state index in [0.717, 1.165) is 29.4 Å². The van der Waals surface area contributed by atoms with Gasteiger partial charge >= 0.3 is 0 Å². The fourth-order valence-electron chi connectivity index (χ4n) is 5.36. The van der Waals surface area contributed by atoms with Gasteiger partial charge in [0, 0.05) is 74.5 Å². The molecule has 0 bridgehead atoms. The number of benzene rings is 4. The Labute approximate surface area is 248 Å². The van der Waals surface area contributed by atoms with Crippen LogP contribution in [0, 0.1) is 0 Å². The number of aliphatic imine (C=N–C) groups is 1. The highest BCUT2D eigenvalue weighted by Crippen LogP contribution is 2.56. The van der Waals surface area contributed by atoms with Gasteiger partial charge < -0.3 is 14.7 Å². The normalized spacial score (nSPS) is 13.8. The first-order valence-corrected chi connectivity index (χ1v) is 14.9. The number of anilines is 3. The number of thioether (sulfide) groups is 1. The zero-order chi connectivity index (χ0) is 28.4. The Bertz CT molecular complexity index is 1450. The van der Waals surface area contributed by atoms with Crippen molar-refractivity contribution in [1.82, 2.24) is 0 Å². The van der Waals surface area contributed by atoms with Gasteiger partial charge in [-0.05, 0) is 73.5 Å². The van der Waals surface area contributed by atoms with Crippen molar-refractivity contribution in [2.45, 2.75) is 18.6 Å². The van der Waals surface area contributed by atoms with Gasteiger partial charge in [0.15, 0.2) is 0 Å². The first-order valence-electron chi connectivity index (χ1n) is 13.8. The molecule has 0 aromatic heterocycles. The molecule has 1 heterocycles. The van der Waals surface area contributed by atoms with Crippen molar-refractivity contribution in [1.29, 1.82) is 0 Å². The quantitative estimate of drug-likeness (QED) is 0.213. The van der Waals surface area contributed by atoms with Crippen LogP contribution in [0.25, 0.3) is 0 Å². The minimum Gasteiger partial charge on any atom is -0.378 e. The van der Waals surface area contributed by atoms with Crippen LogP contribution in [0.1, 0.15) is 36.1 Å². The van der Waals surface area contributed by atoms with Crippen LogP contribution in [0.5, 0.6) is 0 Å². The zero-order valence-corrected chi connectivity index (χ0v) is 25.7. The minimum absolute atomic E-state index is 0.508. The number of rotatable bonds is 8. The van der Waals surface area contributed by atoms with Crippen molar-refractivity contribution in [3.8, 4) is 0 Å². The van der Waals surface area contributed by atoms with Crippen LogP contribution in [-0.4, -0.2) is 46.3 Å². The second kappa shape index (κ2) is 11.6. The summed E-state index contributed by atoms with van der Waals surface area (Å²) in [6, 6.07) is 32.7. The lowest BCUT2D eigenvalue weighted by Crippen LogP contribution is -2.30. The van der Waals surface area contributed by atoms with E-state index < -0.39 is 4.75 Å². The second-order valence-electron chi connectivity index (χ2n) is 10.5. The van der Waals surface area contributed by atoms with Crippen molar-refractivity contribution < 1.29 is 0 Å². The molecular formula is C34H37ClN4S. The van der Waals surface area contributed by atoms with E-state index in [9.17, 15) is 0 Å². The van der Waals surface area contributed by atoms with Crippen LogP contribution in [0.2, 0.25) is 5.02 Å². The predicted octanol–water partition coefficient (Wildman–Crippen LogP) is 8.44. The van der Waals surface area contributed by atoms with Gasteiger partial charge in [-0.25, -0.2) is 4.99 Å². The molecule has 0 amide bonds. The summed E-state index contributed by atoms with van der Waals surface area (Å²) in [6.07, 6.45) is 0. The summed E-state index contributed by atoms with van der Waals surface area (Å²) < 4.78 is -0.508. The fourth-order valence-corrected chi connectivity index (χ4v) is 7.02. The summed E-state index contributed by atoms with van der Waals surface area (Å²) in [6.45, 7) is 6.28. The number of fused-ring (bicyclic) bond motifs is 1. The van der Waals surface area contributed by atoms with Gasteiger partial charge in [-0.2, -0.15) is 0 Å². The highest BCUT2D eigenvalue weighted by molar-refractivity contribution is 8.15. The molecule has 0 unspecified atom stereocenters. The van der Waals surface area contributed by atoms with Gasteiger partial charge in [-0.15, -0.1) is 0 Å². The minimum atomic E-state index is -0.508. The first-order chi connectivity index (χ1) is 19.3. The molecule has 0 saturated heterocycles. The summed E-state index contributed by atoms with van der Waals surface area (Å²) in [7, 11) is 8.31. The first kappa shape index (κ1) is 28.1. The molecule has 5 rings (SSSR count). The van der Waals surface area contributed by atoms with E-state index in [1.54, 1.807) is 11.8 Å². The van der Waals surface area contributed by atoms with E-state index in [1.165, 1.54) is 33.8 Å². The van der Waals surface area contributed by atoms with Crippen molar-refractivity contribution in [2.24, 2.45) is 4.99 Å². The van der Waals surface area contributed by atoms with E-state index in [1.807, 2.05) is 18.2 Å². The number of nitrogens with zero attached hydrogens (tertiary/aromatic N) is 4. The third kappa shape index (κ3) is 5.21. The molecule has 4 aromatic rings. The number of halogens is 1. The Balaban J connectivity index is 1.81. The van der Waals surface area contributed by atoms with Crippen molar-refractivity contribution >= 4 is 51.2 Å². The van der Waals surface area contributed by atoms with E-state index in [2.05, 4.69) is 130 Å². The average Bonchev–Trinajstić information content (AvgIpc) is 2.97. The summed E-state index contributed by atoms with van der Waals surface area (Å²) in [5.41, 5.74) is 9.16. The molecule has 4 nitrogen and oxygen atoms in total. The predicted molar refractivity (Wildman–Crippen MR) is 177 cm³/mol. The smallest absolute Gasteiger partial charge is 0.106 e. The lowest BCUT2D eigenvalue weighted by Gasteiger charge is -2.39. The third-order valence-electron chi connectivity index (χ3n) is 7.61. The number of hydrogen-bond acceptors (Lipinski definition) is 5. The molecule has 1 aliphatic rings. The van der Waals surface area contributed by atoms with E-state index in [0.29, 0.717) is 5.02 Å². The Morgan fingerprint density at radius 2 is 1.25 bits per heavy atom.